The molecule has 0 fully saturated rings. The Balaban J connectivity index is 2.38. The molecule has 1 heteroatoms. The van der Waals surface area contributed by atoms with Gasteiger partial charge in [-0.25, -0.2) is 0 Å². The van der Waals surface area contributed by atoms with E-state index in [4.69, 9.17) is 4.99 Å². The highest BCUT2D eigenvalue weighted by Crippen LogP contribution is 2.39. The molecule has 0 saturated carbocycles. The van der Waals surface area contributed by atoms with Crippen LogP contribution >= 0.6 is 0 Å². The van der Waals surface area contributed by atoms with Crippen molar-refractivity contribution in [2.75, 3.05) is 0 Å². The number of hydrogen-bond donors (Lipinski definition) is 0. The second kappa shape index (κ2) is 3.73. The van der Waals surface area contributed by atoms with Crippen molar-refractivity contribution in [2.45, 2.75) is 34.6 Å². The van der Waals surface area contributed by atoms with Gasteiger partial charge in [-0.3, -0.25) is 4.99 Å². The van der Waals surface area contributed by atoms with Crippen LogP contribution in [0.1, 0.15) is 34.6 Å². The summed E-state index contributed by atoms with van der Waals surface area (Å²) in [6, 6.07) is 0. The molecule has 1 unspecified atom stereocenters. The largest absolute Gasteiger partial charge is 0.257 e. The van der Waals surface area contributed by atoms with E-state index < -0.39 is 0 Å². The molecule has 86 valence electrons. The Hall–Kier alpha value is -1.11. The lowest BCUT2D eigenvalue weighted by Gasteiger charge is -2.29. The van der Waals surface area contributed by atoms with E-state index >= 15 is 0 Å². The van der Waals surface area contributed by atoms with Gasteiger partial charge >= 0.3 is 0 Å². The standard InChI is InChI=1S/C15H21N/c1-10(2)14-9-11-12(15(3,4)5)7-6-8-13(11)16-14/h6-11H,1-5H3. The first-order valence-electron chi connectivity index (χ1n) is 6.08. The van der Waals surface area contributed by atoms with Gasteiger partial charge in [-0.2, -0.15) is 0 Å². The molecule has 0 radical (unpaired) electrons. The van der Waals surface area contributed by atoms with Gasteiger partial charge in [0.25, 0.3) is 0 Å². The maximum absolute atomic E-state index is 4.72. The van der Waals surface area contributed by atoms with E-state index in [1.165, 1.54) is 17.0 Å². The van der Waals surface area contributed by atoms with E-state index in [1.54, 1.807) is 0 Å². The molecule has 0 spiro atoms. The molecule has 2 rings (SSSR count). The number of aliphatic imine (C=N–C) groups is 1. The van der Waals surface area contributed by atoms with Gasteiger partial charge in [0.15, 0.2) is 0 Å². The van der Waals surface area contributed by atoms with Crippen molar-refractivity contribution >= 4 is 5.71 Å². The molecule has 1 aliphatic carbocycles. The first-order chi connectivity index (χ1) is 7.39. The Morgan fingerprint density at radius 1 is 1.25 bits per heavy atom. The van der Waals surface area contributed by atoms with Gasteiger partial charge in [0, 0.05) is 11.6 Å². The zero-order valence-electron chi connectivity index (χ0n) is 10.9. The van der Waals surface area contributed by atoms with Crippen LogP contribution in [0, 0.1) is 17.3 Å². The van der Waals surface area contributed by atoms with Crippen LogP contribution in [0.3, 0.4) is 0 Å². The first kappa shape index (κ1) is 11.4. The zero-order valence-corrected chi connectivity index (χ0v) is 10.9. The van der Waals surface area contributed by atoms with Crippen molar-refractivity contribution in [1.82, 2.24) is 0 Å². The van der Waals surface area contributed by atoms with Crippen molar-refractivity contribution in [3.63, 3.8) is 0 Å². The molecule has 0 bridgehead atoms. The van der Waals surface area contributed by atoms with E-state index in [0.29, 0.717) is 11.8 Å². The summed E-state index contributed by atoms with van der Waals surface area (Å²) >= 11 is 0. The number of allylic oxidation sites excluding steroid dienone is 6. The smallest absolute Gasteiger partial charge is 0.0517 e. The summed E-state index contributed by atoms with van der Waals surface area (Å²) in [5.74, 6) is 0.940. The zero-order chi connectivity index (χ0) is 11.9. The summed E-state index contributed by atoms with van der Waals surface area (Å²) in [6.45, 7) is 11.2. The maximum Gasteiger partial charge on any atom is 0.0517 e. The first-order valence-corrected chi connectivity index (χ1v) is 6.08. The van der Waals surface area contributed by atoms with Gasteiger partial charge in [0.05, 0.1) is 5.71 Å². The van der Waals surface area contributed by atoms with Crippen molar-refractivity contribution in [3.8, 4) is 0 Å². The Kier molecular flexibility index (Phi) is 2.65. The molecular formula is C15H21N. The van der Waals surface area contributed by atoms with Gasteiger partial charge in [-0.05, 0) is 23.5 Å². The molecule has 0 aromatic heterocycles. The number of rotatable bonds is 1. The quantitative estimate of drug-likeness (QED) is 0.623. The van der Waals surface area contributed by atoms with Gasteiger partial charge in [-0.1, -0.05) is 52.3 Å². The van der Waals surface area contributed by atoms with Crippen LogP contribution in [-0.2, 0) is 0 Å². The third kappa shape index (κ3) is 1.91. The van der Waals surface area contributed by atoms with Crippen LogP contribution in [-0.4, -0.2) is 5.71 Å². The molecule has 16 heavy (non-hydrogen) atoms. The average molecular weight is 215 g/mol. The highest BCUT2D eigenvalue weighted by Gasteiger charge is 2.31. The van der Waals surface area contributed by atoms with Crippen LogP contribution in [0.15, 0.2) is 40.6 Å². The predicted octanol–water partition coefficient (Wildman–Crippen LogP) is 4.14. The molecule has 0 amide bonds. The van der Waals surface area contributed by atoms with E-state index in [9.17, 15) is 0 Å². The van der Waals surface area contributed by atoms with Crippen molar-refractivity contribution in [2.24, 2.45) is 22.2 Å². The van der Waals surface area contributed by atoms with Crippen molar-refractivity contribution < 1.29 is 0 Å². The van der Waals surface area contributed by atoms with Crippen LogP contribution in [0.25, 0.3) is 0 Å². The lowest BCUT2D eigenvalue weighted by Crippen LogP contribution is -2.22. The number of fused-ring (bicyclic) bond motifs is 1. The highest BCUT2D eigenvalue weighted by molar-refractivity contribution is 6.03. The Labute approximate surface area is 98.7 Å². The summed E-state index contributed by atoms with van der Waals surface area (Å²) in [7, 11) is 0. The second-order valence-electron chi connectivity index (χ2n) is 5.99. The summed E-state index contributed by atoms with van der Waals surface area (Å²) in [6.07, 6.45) is 8.86. The van der Waals surface area contributed by atoms with Crippen molar-refractivity contribution in [1.29, 1.82) is 0 Å². The Morgan fingerprint density at radius 3 is 2.50 bits per heavy atom. The molecule has 0 saturated heterocycles. The Morgan fingerprint density at radius 2 is 1.94 bits per heavy atom. The minimum atomic E-state index is 0.221. The second-order valence-corrected chi connectivity index (χ2v) is 5.99. The molecule has 1 nitrogen and oxygen atoms in total. The Bertz CT molecular complexity index is 411. The molecule has 0 aromatic carbocycles. The fraction of sp³-hybridized carbons (Fsp3) is 0.533. The van der Waals surface area contributed by atoms with E-state index in [2.05, 4.69) is 58.9 Å². The fourth-order valence-electron chi connectivity index (χ4n) is 2.29. The average Bonchev–Trinajstić information content (AvgIpc) is 2.58. The van der Waals surface area contributed by atoms with Gasteiger partial charge in [-0.15, -0.1) is 0 Å². The van der Waals surface area contributed by atoms with E-state index in [0.717, 1.165) is 0 Å². The molecule has 2 aliphatic rings. The number of nitrogens with zero attached hydrogens (tertiary/aromatic N) is 1. The predicted molar refractivity (Wildman–Crippen MR) is 70.5 cm³/mol. The lowest BCUT2D eigenvalue weighted by molar-refractivity contribution is 0.478. The van der Waals surface area contributed by atoms with Crippen LogP contribution in [0.4, 0.5) is 0 Å². The van der Waals surface area contributed by atoms with E-state index in [1.807, 2.05) is 0 Å². The van der Waals surface area contributed by atoms with Gasteiger partial charge < -0.3 is 0 Å². The molecule has 1 heterocycles. The maximum atomic E-state index is 4.72. The summed E-state index contributed by atoms with van der Waals surface area (Å²) in [5.41, 5.74) is 4.15. The SMILES string of the molecule is CC(C)C1=CC2C(C(C)(C)C)=CC=CC2=N1. The minimum absolute atomic E-state index is 0.221. The van der Waals surface area contributed by atoms with E-state index in [-0.39, 0.29) is 5.41 Å². The van der Waals surface area contributed by atoms with Crippen LogP contribution in [0.5, 0.6) is 0 Å². The normalized spacial score (nSPS) is 24.1. The minimum Gasteiger partial charge on any atom is -0.257 e. The van der Waals surface area contributed by atoms with Gasteiger partial charge in [0.1, 0.15) is 0 Å². The topological polar surface area (TPSA) is 12.4 Å². The monoisotopic (exact) mass is 215 g/mol. The van der Waals surface area contributed by atoms with Crippen LogP contribution < -0.4 is 0 Å². The van der Waals surface area contributed by atoms with Crippen molar-refractivity contribution in [3.05, 3.63) is 35.6 Å². The van der Waals surface area contributed by atoms with Crippen LogP contribution in [0.2, 0.25) is 0 Å². The number of hydrogen-bond acceptors (Lipinski definition) is 1. The molecule has 1 aliphatic heterocycles. The molecule has 0 aromatic rings. The molecule has 0 N–H and O–H groups in total. The molecular weight excluding hydrogens is 194 g/mol. The summed E-state index contributed by atoms with van der Waals surface area (Å²) < 4.78 is 0. The third-order valence-corrected chi connectivity index (χ3v) is 3.25. The highest BCUT2D eigenvalue weighted by atomic mass is 14.8. The molecule has 1 atom stereocenters. The fourth-order valence-corrected chi connectivity index (χ4v) is 2.29. The van der Waals surface area contributed by atoms with Gasteiger partial charge in [0.2, 0.25) is 0 Å². The summed E-state index contributed by atoms with van der Waals surface area (Å²) in [5, 5.41) is 0. The third-order valence-electron chi connectivity index (χ3n) is 3.25. The summed E-state index contributed by atoms with van der Waals surface area (Å²) in [4.78, 5) is 4.72. The lowest BCUT2D eigenvalue weighted by atomic mass is 9.75.